The van der Waals surface area contributed by atoms with Crippen molar-refractivity contribution in [2.24, 2.45) is 4.99 Å². The van der Waals surface area contributed by atoms with Crippen LogP contribution >= 0.6 is 0 Å². The minimum Gasteiger partial charge on any atom is -0.357 e. The van der Waals surface area contributed by atoms with E-state index in [1.807, 2.05) is 6.20 Å². The third kappa shape index (κ3) is 6.36. The quantitative estimate of drug-likeness (QED) is 0.409. The summed E-state index contributed by atoms with van der Waals surface area (Å²) in [6.45, 7) is 11.7. The van der Waals surface area contributed by atoms with Crippen LogP contribution < -0.4 is 15.5 Å². The topological polar surface area (TPSA) is 55.8 Å². The predicted octanol–water partition coefficient (Wildman–Crippen LogP) is 3.00. The zero-order valence-electron chi connectivity index (χ0n) is 17.8. The summed E-state index contributed by atoms with van der Waals surface area (Å²) in [5.74, 6) is 2.01. The number of guanidine groups is 1. The smallest absolute Gasteiger partial charge is 0.191 e. The van der Waals surface area contributed by atoms with Crippen LogP contribution in [0.3, 0.4) is 0 Å². The number of aromatic nitrogens is 1. The zero-order valence-corrected chi connectivity index (χ0v) is 17.8. The van der Waals surface area contributed by atoms with Gasteiger partial charge < -0.3 is 20.4 Å². The summed E-state index contributed by atoms with van der Waals surface area (Å²) < 4.78 is 0. The lowest BCUT2D eigenvalue weighted by Crippen LogP contribution is -2.41. The lowest BCUT2D eigenvalue weighted by atomic mass is 10.0. The molecule has 1 aromatic rings. The monoisotopic (exact) mass is 386 g/mol. The minimum atomic E-state index is 0.682. The van der Waals surface area contributed by atoms with Gasteiger partial charge in [0.2, 0.25) is 0 Å². The normalized spacial score (nSPS) is 21.1. The summed E-state index contributed by atoms with van der Waals surface area (Å²) in [4.78, 5) is 14.3. The van der Waals surface area contributed by atoms with Gasteiger partial charge in [-0.2, -0.15) is 0 Å². The Morgan fingerprint density at radius 2 is 2.00 bits per heavy atom. The van der Waals surface area contributed by atoms with Crippen LogP contribution in [0, 0.1) is 0 Å². The number of likely N-dealkylation sites (tertiary alicyclic amines) is 1. The first kappa shape index (κ1) is 20.9. The van der Waals surface area contributed by atoms with Crippen molar-refractivity contribution in [1.29, 1.82) is 0 Å². The lowest BCUT2D eigenvalue weighted by molar-refractivity contribution is 0.159. The minimum absolute atomic E-state index is 0.682. The Bertz CT molecular complexity index is 611. The molecular formula is C22H38N6. The van der Waals surface area contributed by atoms with E-state index in [0.29, 0.717) is 6.54 Å². The van der Waals surface area contributed by atoms with Crippen LogP contribution in [0.15, 0.2) is 23.3 Å². The molecule has 28 heavy (non-hydrogen) atoms. The van der Waals surface area contributed by atoms with Crippen molar-refractivity contribution in [3.05, 3.63) is 23.9 Å². The fourth-order valence-electron chi connectivity index (χ4n) is 4.17. The summed E-state index contributed by atoms with van der Waals surface area (Å²) in [7, 11) is 0. The van der Waals surface area contributed by atoms with E-state index in [9.17, 15) is 0 Å². The molecule has 0 spiro atoms. The summed E-state index contributed by atoms with van der Waals surface area (Å²) in [6.07, 6.45) is 9.71. The SMILES string of the molecule is CCNC(=NCc1ccnc(N2CCCC2)c1)NCCCN1CCCCC1C. The number of pyridine rings is 1. The van der Waals surface area contributed by atoms with Gasteiger partial charge in [-0.3, -0.25) is 0 Å². The molecule has 0 aromatic carbocycles. The van der Waals surface area contributed by atoms with Crippen molar-refractivity contribution in [1.82, 2.24) is 20.5 Å². The third-order valence-corrected chi connectivity index (χ3v) is 5.86. The second-order valence-corrected chi connectivity index (χ2v) is 8.07. The van der Waals surface area contributed by atoms with Gasteiger partial charge in [0.05, 0.1) is 6.54 Å². The molecule has 3 heterocycles. The van der Waals surface area contributed by atoms with Crippen LogP contribution in [0.1, 0.15) is 57.9 Å². The zero-order chi connectivity index (χ0) is 19.6. The number of nitrogens with zero attached hydrogens (tertiary/aromatic N) is 4. The van der Waals surface area contributed by atoms with Crippen LogP contribution in [-0.4, -0.2) is 61.2 Å². The molecule has 0 saturated carbocycles. The number of aliphatic imine (C=N–C) groups is 1. The molecule has 1 aromatic heterocycles. The van der Waals surface area contributed by atoms with Crippen molar-refractivity contribution >= 4 is 11.8 Å². The second kappa shape index (κ2) is 11.2. The fourth-order valence-corrected chi connectivity index (χ4v) is 4.17. The molecule has 156 valence electrons. The van der Waals surface area contributed by atoms with E-state index in [0.717, 1.165) is 50.4 Å². The van der Waals surface area contributed by atoms with Crippen molar-refractivity contribution in [3.8, 4) is 0 Å². The first-order chi connectivity index (χ1) is 13.8. The molecule has 6 nitrogen and oxygen atoms in total. The van der Waals surface area contributed by atoms with Gasteiger partial charge >= 0.3 is 0 Å². The maximum Gasteiger partial charge on any atom is 0.191 e. The highest BCUT2D eigenvalue weighted by molar-refractivity contribution is 5.79. The number of rotatable bonds is 8. The highest BCUT2D eigenvalue weighted by Gasteiger charge is 2.17. The average Bonchev–Trinajstić information content (AvgIpc) is 3.26. The van der Waals surface area contributed by atoms with Gasteiger partial charge in [-0.05, 0) is 70.2 Å². The molecule has 0 aliphatic carbocycles. The lowest BCUT2D eigenvalue weighted by Gasteiger charge is -2.33. The summed E-state index contributed by atoms with van der Waals surface area (Å²) in [6, 6.07) is 5.01. The number of piperidine rings is 1. The van der Waals surface area contributed by atoms with Crippen molar-refractivity contribution in [2.75, 3.05) is 44.2 Å². The van der Waals surface area contributed by atoms with Gasteiger partial charge in [0.15, 0.2) is 5.96 Å². The van der Waals surface area contributed by atoms with Crippen LogP contribution in [0.2, 0.25) is 0 Å². The van der Waals surface area contributed by atoms with E-state index in [1.54, 1.807) is 0 Å². The van der Waals surface area contributed by atoms with E-state index in [2.05, 4.69) is 51.4 Å². The van der Waals surface area contributed by atoms with Gasteiger partial charge in [-0.15, -0.1) is 0 Å². The van der Waals surface area contributed by atoms with Crippen LogP contribution in [0.25, 0.3) is 0 Å². The molecule has 1 atom stereocenters. The highest BCUT2D eigenvalue weighted by Crippen LogP contribution is 2.19. The van der Waals surface area contributed by atoms with Gasteiger partial charge in [0, 0.05) is 45.0 Å². The van der Waals surface area contributed by atoms with Crippen molar-refractivity contribution in [3.63, 3.8) is 0 Å². The van der Waals surface area contributed by atoms with E-state index in [-0.39, 0.29) is 0 Å². The number of hydrogen-bond acceptors (Lipinski definition) is 4. The molecule has 2 aliphatic heterocycles. The van der Waals surface area contributed by atoms with Crippen LogP contribution in [0.4, 0.5) is 5.82 Å². The van der Waals surface area contributed by atoms with Gasteiger partial charge in [-0.1, -0.05) is 6.42 Å². The van der Waals surface area contributed by atoms with E-state index in [4.69, 9.17) is 4.99 Å². The third-order valence-electron chi connectivity index (χ3n) is 5.86. The van der Waals surface area contributed by atoms with Crippen LogP contribution in [-0.2, 0) is 6.54 Å². The predicted molar refractivity (Wildman–Crippen MR) is 118 cm³/mol. The molecule has 2 fully saturated rings. The first-order valence-electron chi connectivity index (χ1n) is 11.2. The molecule has 1 unspecified atom stereocenters. The maximum atomic E-state index is 4.79. The average molecular weight is 387 g/mol. The fraction of sp³-hybridized carbons (Fsp3) is 0.727. The second-order valence-electron chi connectivity index (χ2n) is 8.07. The van der Waals surface area contributed by atoms with E-state index >= 15 is 0 Å². The molecule has 6 heteroatoms. The highest BCUT2D eigenvalue weighted by atomic mass is 15.2. The Morgan fingerprint density at radius 1 is 1.18 bits per heavy atom. The Hall–Kier alpha value is -1.82. The molecular weight excluding hydrogens is 348 g/mol. The summed E-state index contributed by atoms with van der Waals surface area (Å²) in [5.41, 5.74) is 1.22. The molecule has 2 aliphatic rings. The molecule has 2 N–H and O–H groups in total. The van der Waals surface area contributed by atoms with Gasteiger partial charge in [0.25, 0.3) is 0 Å². The summed E-state index contributed by atoms with van der Waals surface area (Å²) in [5, 5.41) is 6.87. The van der Waals surface area contributed by atoms with Crippen LogP contribution in [0.5, 0.6) is 0 Å². The molecule has 0 amide bonds. The van der Waals surface area contributed by atoms with E-state index < -0.39 is 0 Å². The standard InChI is InChI=1S/C22H38N6/c1-3-23-22(25-11-8-16-27-13-5-4-9-19(27)2)26-18-20-10-12-24-21(17-20)28-14-6-7-15-28/h10,12,17,19H,3-9,11,13-16,18H2,1-2H3,(H2,23,25,26). The Balaban J connectivity index is 1.46. The van der Waals surface area contributed by atoms with Crippen molar-refractivity contribution in [2.45, 2.75) is 65.0 Å². The molecule has 0 radical (unpaired) electrons. The van der Waals surface area contributed by atoms with Gasteiger partial charge in [0.1, 0.15) is 5.82 Å². The maximum absolute atomic E-state index is 4.79. The van der Waals surface area contributed by atoms with Crippen molar-refractivity contribution < 1.29 is 0 Å². The first-order valence-corrected chi connectivity index (χ1v) is 11.2. The Kier molecular flexibility index (Phi) is 8.40. The Labute approximate surface area is 170 Å². The number of anilines is 1. The molecule has 0 bridgehead atoms. The number of nitrogens with one attached hydrogen (secondary N) is 2. The number of hydrogen-bond donors (Lipinski definition) is 2. The molecule has 3 rings (SSSR count). The largest absolute Gasteiger partial charge is 0.357 e. The Morgan fingerprint density at radius 3 is 2.79 bits per heavy atom. The van der Waals surface area contributed by atoms with E-state index in [1.165, 1.54) is 50.8 Å². The molecule has 2 saturated heterocycles. The summed E-state index contributed by atoms with van der Waals surface area (Å²) >= 11 is 0. The van der Waals surface area contributed by atoms with Gasteiger partial charge in [-0.25, -0.2) is 9.98 Å².